The number of carbonyl (C=O) groups is 2. The number of benzene rings is 2. The van der Waals surface area contributed by atoms with Crippen LogP contribution < -0.4 is 34.9 Å². The van der Waals surface area contributed by atoms with Gasteiger partial charge in [0.15, 0.2) is 0 Å². The van der Waals surface area contributed by atoms with E-state index in [9.17, 15) is 9.59 Å². The van der Waals surface area contributed by atoms with Gasteiger partial charge >= 0.3 is 6.03 Å². The normalized spacial score (nSPS) is 15.5. The Kier molecular flexibility index (Phi) is 6.54. The van der Waals surface area contributed by atoms with Gasteiger partial charge in [-0.3, -0.25) is 4.79 Å². The Morgan fingerprint density at radius 3 is 2.19 bits per heavy atom. The van der Waals surface area contributed by atoms with Crippen molar-refractivity contribution in [3.63, 3.8) is 0 Å². The largest absolute Gasteiger partial charge is 0.497 e. The lowest BCUT2D eigenvalue weighted by atomic mass is 9.94. The summed E-state index contributed by atoms with van der Waals surface area (Å²) in [6.07, 6.45) is 0. The quantitative estimate of drug-likeness (QED) is 0.627. The van der Waals surface area contributed by atoms with Crippen molar-refractivity contribution in [2.45, 2.75) is 13.0 Å². The summed E-state index contributed by atoms with van der Waals surface area (Å²) in [7, 11) is 6.10. The van der Waals surface area contributed by atoms with Crippen LogP contribution in [0.2, 0.25) is 0 Å². The summed E-state index contributed by atoms with van der Waals surface area (Å²) < 4.78 is 21.3. The van der Waals surface area contributed by atoms with E-state index in [1.807, 2.05) is 0 Å². The minimum atomic E-state index is -0.744. The summed E-state index contributed by atoms with van der Waals surface area (Å²) in [6, 6.07) is 9.10. The van der Waals surface area contributed by atoms with E-state index in [4.69, 9.17) is 18.9 Å². The third kappa shape index (κ3) is 4.50. The molecule has 1 aliphatic heterocycles. The summed E-state index contributed by atoms with van der Waals surface area (Å²) in [5.41, 5.74) is 1.80. The van der Waals surface area contributed by atoms with Crippen molar-refractivity contribution in [1.29, 1.82) is 0 Å². The maximum atomic E-state index is 13.3. The van der Waals surface area contributed by atoms with E-state index in [0.717, 1.165) is 0 Å². The highest BCUT2D eigenvalue weighted by Crippen LogP contribution is 2.36. The van der Waals surface area contributed by atoms with E-state index in [1.165, 1.54) is 21.3 Å². The number of hydrogen-bond donors (Lipinski definition) is 3. The first-order valence-corrected chi connectivity index (χ1v) is 9.45. The van der Waals surface area contributed by atoms with E-state index < -0.39 is 18.0 Å². The second kappa shape index (κ2) is 9.29. The molecule has 9 nitrogen and oxygen atoms in total. The van der Waals surface area contributed by atoms with Crippen LogP contribution in [0.5, 0.6) is 23.0 Å². The van der Waals surface area contributed by atoms with Crippen LogP contribution in [0.4, 0.5) is 10.5 Å². The second-order valence-corrected chi connectivity index (χ2v) is 6.70. The standard InChI is InChI=1S/C22H25N3O6/c1-12-19(21(26)24-16-10-13(28-2)7-9-17(16)30-4)20(25-22(27)23-12)15-8-6-14(29-3)11-18(15)31-5/h6-11,20H,1-5H3,(H,24,26)(H2,23,25,27). The molecule has 2 aromatic carbocycles. The number of amides is 3. The molecule has 0 saturated carbocycles. The van der Waals surface area contributed by atoms with Gasteiger partial charge in [-0.15, -0.1) is 0 Å². The van der Waals surface area contributed by atoms with Crippen LogP contribution in [0.25, 0.3) is 0 Å². The molecule has 31 heavy (non-hydrogen) atoms. The van der Waals surface area contributed by atoms with E-state index in [2.05, 4.69) is 16.0 Å². The highest BCUT2D eigenvalue weighted by Gasteiger charge is 2.33. The summed E-state index contributed by atoms with van der Waals surface area (Å²) in [6.45, 7) is 1.67. The molecule has 0 aromatic heterocycles. The number of nitrogens with one attached hydrogen (secondary N) is 3. The van der Waals surface area contributed by atoms with Gasteiger partial charge in [0, 0.05) is 23.4 Å². The van der Waals surface area contributed by atoms with Crippen LogP contribution in [0.15, 0.2) is 47.7 Å². The third-order valence-electron chi connectivity index (χ3n) is 4.92. The fraction of sp³-hybridized carbons (Fsp3) is 0.273. The Labute approximate surface area is 180 Å². The predicted molar refractivity (Wildman–Crippen MR) is 115 cm³/mol. The maximum absolute atomic E-state index is 13.3. The summed E-state index contributed by atoms with van der Waals surface area (Å²) >= 11 is 0. The molecule has 0 spiro atoms. The van der Waals surface area contributed by atoms with E-state index in [-0.39, 0.29) is 0 Å². The van der Waals surface area contributed by atoms with Crippen LogP contribution >= 0.6 is 0 Å². The first-order valence-electron chi connectivity index (χ1n) is 9.45. The van der Waals surface area contributed by atoms with Crippen molar-refractivity contribution in [2.24, 2.45) is 0 Å². The predicted octanol–water partition coefficient (Wildman–Crippen LogP) is 2.99. The SMILES string of the molecule is COc1ccc(OC)c(NC(=O)C2=C(C)NC(=O)NC2c2ccc(OC)cc2OC)c1. The number of carbonyl (C=O) groups excluding carboxylic acids is 2. The average molecular weight is 427 g/mol. The molecule has 0 fully saturated rings. The lowest BCUT2D eigenvalue weighted by Gasteiger charge is -2.29. The Bertz CT molecular complexity index is 1030. The van der Waals surface area contributed by atoms with E-state index in [0.29, 0.717) is 45.5 Å². The van der Waals surface area contributed by atoms with Gasteiger partial charge in [-0.25, -0.2) is 4.79 Å². The number of rotatable bonds is 7. The molecule has 0 radical (unpaired) electrons. The highest BCUT2D eigenvalue weighted by molar-refractivity contribution is 6.07. The molecular weight excluding hydrogens is 402 g/mol. The Hall–Kier alpha value is -3.88. The van der Waals surface area contributed by atoms with Gasteiger partial charge in [0.2, 0.25) is 0 Å². The van der Waals surface area contributed by atoms with Crippen molar-refractivity contribution in [3.05, 3.63) is 53.2 Å². The van der Waals surface area contributed by atoms with Gasteiger partial charge in [0.1, 0.15) is 23.0 Å². The van der Waals surface area contributed by atoms with Crippen LogP contribution in [0, 0.1) is 0 Å². The zero-order valence-electron chi connectivity index (χ0n) is 18.0. The van der Waals surface area contributed by atoms with E-state index in [1.54, 1.807) is 50.4 Å². The number of methoxy groups -OCH3 is 4. The van der Waals surface area contributed by atoms with Crippen LogP contribution in [0.1, 0.15) is 18.5 Å². The molecule has 2 aromatic rings. The Balaban J connectivity index is 2.02. The third-order valence-corrected chi connectivity index (χ3v) is 4.92. The molecule has 0 saturated heterocycles. The molecule has 164 valence electrons. The average Bonchev–Trinajstić information content (AvgIpc) is 2.77. The van der Waals surface area contributed by atoms with E-state index >= 15 is 0 Å². The molecule has 0 aliphatic carbocycles. The molecule has 9 heteroatoms. The number of hydrogen-bond acceptors (Lipinski definition) is 6. The number of urea groups is 1. The summed E-state index contributed by atoms with van der Waals surface area (Å²) in [5.74, 6) is 1.68. The zero-order chi connectivity index (χ0) is 22.5. The maximum Gasteiger partial charge on any atom is 0.319 e. The molecule has 3 N–H and O–H groups in total. The topological polar surface area (TPSA) is 107 Å². The second-order valence-electron chi connectivity index (χ2n) is 6.70. The van der Waals surface area contributed by atoms with Crippen LogP contribution in [-0.4, -0.2) is 40.4 Å². The zero-order valence-corrected chi connectivity index (χ0v) is 18.0. The molecule has 1 atom stereocenters. The van der Waals surface area contributed by atoms with Gasteiger partial charge in [-0.1, -0.05) is 0 Å². The summed E-state index contributed by atoms with van der Waals surface area (Å²) in [5, 5.41) is 8.30. The van der Waals surface area contributed by atoms with Gasteiger partial charge in [-0.2, -0.15) is 0 Å². The number of ether oxygens (including phenoxy) is 4. The first-order chi connectivity index (χ1) is 14.9. The van der Waals surface area contributed by atoms with Gasteiger partial charge in [0.25, 0.3) is 5.91 Å². The van der Waals surface area contributed by atoms with Crippen molar-refractivity contribution in [1.82, 2.24) is 10.6 Å². The molecule has 3 amide bonds. The Morgan fingerprint density at radius 2 is 1.55 bits per heavy atom. The minimum Gasteiger partial charge on any atom is -0.497 e. The molecule has 1 heterocycles. The lowest BCUT2D eigenvalue weighted by Crippen LogP contribution is -2.46. The number of anilines is 1. The first kappa shape index (κ1) is 21.8. The van der Waals surface area contributed by atoms with Gasteiger partial charge in [-0.05, 0) is 31.2 Å². The van der Waals surface area contributed by atoms with Crippen molar-refractivity contribution >= 4 is 17.6 Å². The molecule has 1 aliphatic rings. The smallest absolute Gasteiger partial charge is 0.319 e. The van der Waals surface area contributed by atoms with Gasteiger partial charge < -0.3 is 34.9 Å². The summed E-state index contributed by atoms with van der Waals surface area (Å²) in [4.78, 5) is 25.5. The monoisotopic (exact) mass is 427 g/mol. The van der Waals surface area contributed by atoms with Crippen molar-refractivity contribution in [2.75, 3.05) is 33.8 Å². The van der Waals surface area contributed by atoms with Crippen molar-refractivity contribution < 1.29 is 28.5 Å². The fourth-order valence-electron chi connectivity index (χ4n) is 3.39. The van der Waals surface area contributed by atoms with Crippen LogP contribution in [-0.2, 0) is 4.79 Å². The molecule has 0 bridgehead atoms. The highest BCUT2D eigenvalue weighted by atomic mass is 16.5. The molecule has 1 unspecified atom stereocenters. The van der Waals surface area contributed by atoms with Crippen LogP contribution in [0.3, 0.4) is 0 Å². The lowest BCUT2D eigenvalue weighted by molar-refractivity contribution is -0.113. The molecule has 3 rings (SSSR count). The fourth-order valence-corrected chi connectivity index (χ4v) is 3.39. The number of allylic oxidation sites excluding steroid dienone is 1. The Morgan fingerprint density at radius 1 is 0.903 bits per heavy atom. The van der Waals surface area contributed by atoms with Crippen molar-refractivity contribution in [3.8, 4) is 23.0 Å². The minimum absolute atomic E-state index is 0.327. The van der Waals surface area contributed by atoms with Gasteiger partial charge in [0.05, 0.1) is 45.7 Å². The molecular formula is C22H25N3O6.